The summed E-state index contributed by atoms with van der Waals surface area (Å²) < 4.78 is 27.1. The van der Waals surface area contributed by atoms with Crippen molar-refractivity contribution >= 4 is 20.9 Å². The summed E-state index contributed by atoms with van der Waals surface area (Å²) in [6.45, 7) is -0.353. The molecule has 0 radical (unpaired) electrons. The number of fused-ring (bicyclic) bond motifs is 1. The van der Waals surface area contributed by atoms with Gasteiger partial charge in [-0.05, 0) is 24.3 Å². The predicted octanol–water partition coefficient (Wildman–Crippen LogP) is 1.27. The zero-order chi connectivity index (χ0) is 15.7. The Bertz CT molecular complexity index is 904. The van der Waals surface area contributed by atoms with Gasteiger partial charge in [0.2, 0.25) is 0 Å². The van der Waals surface area contributed by atoms with Gasteiger partial charge in [0, 0.05) is 17.8 Å². The highest BCUT2D eigenvalue weighted by Gasteiger charge is 2.25. The Morgan fingerprint density at radius 1 is 1.23 bits per heavy atom. The number of hydrogen-bond acceptors (Lipinski definition) is 5. The number of benzene rings is 1. The molecule has 0 aliphatic carbocycles. The Morgan fingerprint density at radius 2 is 1.95 bits per heavy atom. The lowest BCUT2D eigenvalue weighted by atomic mass is 10.2. The van der Waals surface area contributed by atoms with Gasteiger partial charge in [0.25, 0.3) is 10.0 Å². The minimum absolute atomic E-state index is 0.163. The first-order valence-electron chi connectivity index (χ1n) is 6.68. The van der Waals surface area contributed by atoms with Crippen molar-refractivity contribution in [2.75, 3.05) is 6.61 Å². The number of nitrogens with two attached hydrogens (primary N) is 1. The minimum Gasteiger partial charge on any atom is -0.394 e. The number of aromatic nitrogens is 2. The molecule has 0 saturated heterocycles. The van der Waals surface area contributed by atoms with E-state index in [1.165, 1.54) is 22.3 Å². The first-order chi connectivity index (χ1) is 10.6. The van der Waals surface area contributed by atoms with Crippen LogP contribution in [0.1, 0.15) is 11.7 Å². The molecule has 2 aromatic heterocycles. The number of pyridine rings is 1. The molecular weight excluding hydrogens is 302 g/mol. The molecule has 114 valence electrons. The average molecular weight is 317 g/mol. The zero-order valence-corrected chi connectivity index (χ0v) is 12.4. The van der Waals surface area contributed by atoms with E-state index < -0.39 is 16.1 Å². The van der Waals surface area contributed by atoms with Crippen LogP contribution in [0.25, 0.3) is 10.9 Å². The van der Waals surface area contributed by atoms with Crippen LogP contribution in [-0.2, 0) is 10.0 Å². The van der Waals surface area contributed by atoms with Crippen molar-refractivity contribution < 1.29 is 13.5 Å². The Kier molecular flexibility index (Phi) is 3.69. The average Bonchev–Trinajstić information content (AvgIpc) is 2.95. The van der Waals surface area contributed by atoms with Gasteiger partial charge in [0.05, 0.1) is 28.8 Å². The van der Waals surface area contributed by atoms with Gasteiger partial charge < -0.3 is 10.8 Å². The number of rotatable bonds is 4. The van der Waals surface area contributed by atoms with Crippen molar-refractivity contribution in [2.45, 2.75) is 10.9 Å². The second-order valence-corrected chi connectivity index (χ2v) is 6.66. The summed E-state index contributed by atoms with van der Waals surface area (Å²) in [6, 6.07) is 10.6. The molecule has 0 aliphatic rings. The lowest BCUT2D eigenvalue weighted by molar-refractivity contribution is 0.265. The highest BCUT2D eigenvalue weighted by atomic mass is 32.2. The van der Waals surface area contributed by atoms with Gasteiger partial charge in [-0.3, -0.25) is 4.98 Å². The molecule has 3 N–H and O–H groups in total. The first-order valence-corrected chi connectivity index (χ1v) is 8.12. The maximum atomic E-state index is 13.0. The maximum absolute atomic E-state index is 13.0. The molecule has 0 bridgehead atoms. The third-order valence-corrected chi connectivity index (χ3v) is 5.20. The van der Waals surface area contributed by atoms with E-state index in [0.29, 0.717) is 16.6 Å². The molecule has 3 aromatic rings. The number of hydrogen-bond donors (Lipinski definition) is 2. The molecule has 6 nitrogen and oxygen atoms in total. The summed E-state index contributed by atoms with van der Waals surface area (Å²) in [5.41, 5.74) is 6.69. The Labute approximate surface area is 127 Å². The van der Waals surface area contributed by atoms with E-state index in [4.69, 9.17) is 5.73 Å². The predicted molar refractivity (Wildman–Crippen MR) is 82.8 cm³/mol. The van der Waals surface area contributed by atoms with Crippen LogP contribution in [0.15, 0.2) is 59.8 Å². The fourth-order valence-corrected chi connectivity index (χ4v) is 3.97. The standard InChI is InChI=1S/C15H15N3O3S/c16-13(10-19)15-8-11-9-17-7-6-14(11)18(15)22(20,21)12-4-2-1-3-5-12/h1-9,13,19H,10,16H2/t13-/m0/s1. The molecule has 1 atom stereocenters. The van der Waals surface area contributed by atoms with Gasteiger partial charge in [-0.2, -0.15) is 0 Å². The maximum Gasteiger partial charge on any atom is 0.268 e. The van der Waals surface area contributed by atoms with Crippen LogP contribution < -0.4 is 5.73 Å². The summed E-state index contributed by atoms with van der Waals surface area (Å²) in [4.78, 5) is 4.16. The van der Waals surface area contributed by atoms with Gasteiger partial charge in [-0.15, -0.1) is 0 Å². The minimum atomic E-state index is -3.81. The van der Waals surface area contributed by atoms with Crippen molar-refractivity contribution in [3.8, 4) is 0 Å². The van der Waals surface area contributed by atoms with Gasteiger partial charge in [-0.25, -0.2) is 12.4 Å². The van der Waals surface area contributed by atoms with Crippen molar-refractivity contribution in [3.63, 3.8) is 0 Å². The molecule has 0 aliphatic heterocycles. The number of nitrogens with zero attached hydrogens (tertiary/aromatic N) is 2. The van der Waals surface area contributed by atoms with Crippen molar-refractivity contribution in [1.82, 2.24) is 8.96 Å². The molecule has 0 spiro atoms. The highest BCUT2D eigenvalue weighted by Crippen LogP contribution is 2.27. The molecule has 2 heterocycles. The summed E-state index contributed by atoms with van der Waals surface area (Å²) >= 11 is 0. The molecular formula is C15H15N3O3S. The van der Waals surface area contributed by atoms with E-state index in [9.17, 15) is 13.5 Å². The van der Waals surface area contributed by atoms with Gasteiger partial charge >= 0.3 is 0 Å². The normalized spacial score (nSPS) is 13.4. The fraction of sp³-hybridized carbons (Fsp3) is 0.133. The molecule has 22 heavy (non-hydrogen) atoms. The Balaban J connectivity index is 2.34. The fourth-order valence-electron chi connectivity index (χ4n) is 2.37. The van der Waals surface area contributed by atoms with Crippen LogP contribution in [0.5, 0.6) is 0 Å². The zero-order valence-electron chi connectivity index (χ0n) is 11.6. The van der Waals surface area contributed by atoms with Crippen LogP contribution in [0.2, 0.25) is 0 Å². The SMILES string of the molecule is N[C@@H](CO)c1cc2cnccc2n1S(=O)(=O)c1ccccc1. The number of aliphatic hydroxyl groups is 1. The quantitative estimate of drug-likeness (QED) is 0.755. The van der Waals surface area contributed by atoms with Crippen LogP contribution >= 0.6 is 0 Å². The smallest absolute Gasteiger partial charge is 0.268 e. The molecule has 0 fully saturated rings. The third-order valence-electron chi connectivity index (χ3n) is 3.44. The summed E-state index contributed by atoms with van der Waals surface area (Å²) in [6.07, 6.45) is 3.09. The second kappa shape index (κ2) is 5.53. The molecule has 0 amide bonds. The van der Waals surface area contributed by atoms with E-state index in [1.807, 2.05) is 0 Å². The van der Waals surface area contributed by atoms with Crippen LogP contribution in [-0.4, -0.2) is 29.1 Å². The van der Waals surface area contributed by atoms with E-state index in [-0.39, 0.29) is 11.5 Å². The molecule has 1 aromatic carbocycles. The van der Waals surface area contributed by atoms with Gasteiger partial charge in [-0.1, -0.05) is 18.2 Å². The van der Waals surface area contributed by atoms with Crippen LogP contribution in [0.3, 0.4) is 0 Å². The largest absolute Gasteiger partial charge is 0.394 e. The van der Waals surface area contributed by atoms with Crippen molar-refractivity contribution in [3.05, 3.63) is 60.6 Å². The molecule has 7 heteroatoms. The van der Waals surface area contributed by atoms with E-state index in [1.54, 1.807) is 36.5 Å². The Hall–Kier alpha value is -2.22. The van der Waals surface area contributed by atoms with E-state index in [0.717, 1.165) is 0 Å². The lowest BCUT2D eigenvalue weighted by Gasteiger charge is -2.15. The monoisotopic (exact) mass is 317 g/mol. The van der Waals surface area contributed by atoms with Crippen LogP contribution in [0.4, 0.5) is 0 Å². The van der Waals surface area contributed by atoms with E-state index in [2.05, 4.69) is 4.98 Å². The summed E-state index contributed by atoms with van der Waals surface area (Å²) in [5, 5.41) is 9.98. The molecule has 3 rings (SSSR count). The van der Waals surface area contributed by atoms with Crippen molar-refractivity contribution in [1.29, 1.82) is 0 Å². The summed E-state index contributed by atoms with van der Waals surface area (Å²) in [7, 11) is -3.81. The highest BCUT2D eigenvalue weighted by molar-refractivity contribution is 7.90. The second-order valence-electron chi connectivity index (χ2n) is 4.88. The topological polar surface area (TPSA) is 98.2 Å². The van der Waals surface area contributed by atoms with Gasteiger partial charge in [0.1, 0.15) is 0 Å². The summed E-state index contributed by atoms with van der Waals surface area (Å²) in [5.74, 6) is 0. The van der Waals surface area contributed by atoms with E-state index >= 15 is 0 Å². The van der Waals surface area contributed by atoms with Gasteiger partial charge in [0.15, 0.2) is 0 Å². The lowest BCUT2D eigenvalue weighted by Crippen LogP contribution is -2.23. The van der Waals surface area contributed by atoms with Crippen molar-refractivity contribution in [2.24, 2.45) is 5.73 Å². The van der Waals surface area contributed by atoms with Crippen LogP contribution in [0, 0.1) is 0 Å². The Morgan fingerprint density at radius 3 is 2.64 bits per heavy atom. The molecule has 0 saturated carbocycles. The number of aliphatic hydroxyl groups excluding tert-OH is 1. The third kappa shape index (κ3) is 2.29. The molecule has 0 unspecified atom stereocenters. The first kappa shape index (κ1) is 14.7.